The van der Waals surface area contributed by atoms with Crippen LogP contribution in [-0.2, 0) is 17.8 Å². The van der Waals surface area contributed by atoms with E-state index in [0.717, 1.165) is 17.5 Å². The molecule has 3 nitrogen and oxygen atoms in total. The lowest BCUT2D eigenvalue weighted by atomic mass is 9.99. The molecule has 1 unspecified atom stereocenters. The fourth-order valence-corrected chi connectivity index (χ4v) is 2.56. The number of aliphatic hydroxyl groups is 1. The van der Waals surface area contributed by atoms with Gasteiger partial charge in [-0.25, -0.2) is 0 Å². The molecular formula is C19H23NO2. The molecule has 22 heavy (non-hydrogen) atoms. The van der Waals surface area contributed by atoms with E-state index in [1.807, 2.05) is 67.6 Å². The molecule has 0 bridgehead atoms. The van der Waals surface area contributed by atoms with Crippen molar-refractivity contribution in [2.24, 2.45) is 5.92 Å². The monoisotopic (exact) mass is 297 g/mol. The first-order valence-electron chi connectivity index (χ1n) is 7.68. The maximum Gasteiger partial charge on any atom is 0.226 e. The van der Waals surface area contributed by atoms with Crippen molar-refractivity contribution in [2.75, 3.05) is 13.2 Å². The van der Waals surface area contributed by atoms with Crippen molar-refractivity contribution in [2.45, 2.75) is 19.9 Å². The van der Waals surface area contributed by atoms with E-state index >= 15 is 0 Å². The molecule has 2 rings (SSSR count). The van der Waals surface area contributed by atoms with Crippen molar-refractivity contribution in [3.8, 4) is 0 Å². The smallest absolute Gasteiger partial charge is 0.226 e. The van der Waals surface area contributed by atoms with Crippen molar-refractivity contribution in [3.05, 3.63) is 71.8 Å². The normalized spacial score (nSPS) is 11.9. The Bertz CT molecular complexity index is 569. The maximum atomic E-state index is 12.7. The Hall–Kier alpha value is -2.13. The number of nitrogens with zero attached hydrogens (tertiary/aromatic N) is 1. The highest BCUT2D eigenvalue weighted by molar-refractivity contribution is 5.78. The molecular weight excluding hydrogens is 274 g/mol. The lowest BCUT2D eigenvalue weighted by Gasteiger charge is -2.25. The van der Waals surface area contributed by atoms with E-state index in [1.165, 1.54) is 0 Å². The van der Waals surface area contributed by atoms with Gasteiger partial charge in [0.2, 0.25) is 5.91 Å². The first-order chi connectivity index (χ1) is 10.7. The van der Waals surface area contributed by atoms with Gasteiger partial charge in [0.1, 0.15) is 0 Å². The van der Waals surface area contributed by atoms with E-state index in [4.69, 9.17) is 0 Å². The molecule has 0 aromatic heterocycles. The molecule has 0 saturated heterocycles. The lowest BCUT2D eigenvalue weighted by molar-refractivity contribution is -0.136. The minimum absolute atomic E-state index is 0.0172. The Morgan fingerprint density at radius 1 is 1.00 bits per heavy atom. The number of amides is 1. The van der Waals surface area contributed by atoms with E-state index < -0.39 is 0 Å². The van der Waals surface area contributed by atoms with Gasteiger partial charge in [-0.15, -0.1) is 0 Å². The van der Waals surface area contributed by atoms with Crippen LogP contribution in [0, 0.1) is 5.92 Å². The zero-order chi connectivity index (χ0) is 15.8. The third-order valence-corrected chi connectivity index (χ3v) is 3.70. The summed E-state index contributed by atoms with van der Waals surface area (Å²) in [4.78, 5) is 14.4. The fourth-order valence-electron chi connectivity index (χ4n) is 2.56. The zero-order valence-corrected chi connectivity index (χ0v) is 13.0. The minimum Gasteiger partial charge on any atom is -0.395 e. The third kappa shape index (κ3) is 4.71. The van der Waals surface area contributed by atoms with Gasteiger partial charge in [-0.1, -0.05) is 67.6 Å². The van der Waals surface area contributed by atoms with Gasteiger partial charge in [0.05, 0.1) is 6.61 Å². The van der Waals surface area contributed by atoms with Crippen LogP contribution in [0.2, 0.25) is 0 Å². The standard InChI is InChI=1S/C19H23NO2/c1-16(14-17-8-4-2-5-9-17)19(22)20(12-13-21)15-18-10-6-3-7-11-18/h2-11,16,21H,12-15H2,1H3. The summed E-state index contributed by atoms with van der Waals surface area (Å²) in [6.45, 7) is 2.84. The van der Waals surface area contributed by atoms with E-state index in [0.29, 0.717) is 13.1 Å². The first kappa shape index (κ1) is 16.2. The molecule has 1 N–H and O–H groups in total. The molecule has 1 amide bonds. The minimum atomic E-state index is -0.0994. The lowest BCUT2D eigenvalue weighted by Crippen LogP contribution is -2.37. The van der Waals surface area contributed by atoms with Gasteiger partial charge in [-0.05, 0) is 17.5 Å². The molecule has 0 saturated carbocycles. The van der Waals surface area contributed by atoms with Gasteiger partial charge in [-0.2, -0.15) is 0 Å². The van der Waals surface area contributed by atoms with Crippen LogP contribution < -0.4 is 0 Å². The summed E-state index contributed by atoms with van der Waals surface area (Å²) in [5.41, 5.74) is 2.24. The molecule has 116 valence electrons. The number of benzene rings is 2. The highest BCUT2D eigenvalue weighted by atomic mass is 16.3. The van der Waals surface area contributed by atoms with Crippen molar-refractivity contribution < 1.29 is 9.90 Å². The maximum absolute atomic E-state index is 12.7. The second kappa shape index (κ2) is 8.35. The SMILES string of the molecule is CC(Cc1ccccc1)C(=O)N(CCO)Cc1ccccc1. The average Bonchev–Trinajstić information content (AvgIpc) is 2.55. The molecule has 2 aromatic rings. The van der Waals surface area contributed by atoms with Gasteiger partial charge >= 0.3 is 0 Å². The fraction of sp³-hybridized carbons (Fsp3) is 0.316. The van der Waals surface area contributed by atoms with E-state index in [-0.39, 0.29) is 18.4 Å². The van der Waals surface area contributed by atoms with Gasteiger partial charge in [0.25, 0.3) is 0 Å². The first-order valence-corrected chi connectivity index (χ1v) is 7.68. The van der Waals surface area contributed by atoms with Crippen LogP contribution in [0.25, 0.3) is 0 Å². The Morgan fingerprint density at radius 2 is 1.55 bits per heavy atom. The Balaban J connectivity index is 2.02. The predicted octanol–water partition coefficient (Wildman–Crippen LogP) is 2.89. The van der Waals surface area contributed by atoms with Crippen LogP contribution in [0.5, 0.6) is 0 Å². The molecule has 0 aliphatic carbocycles. The van der Waals surface area contributed by atoms with Gasteiger partial charge < -0.3 is 10.0 Å². The summed E-state index contributed by atoms with van der Waals surface area (Å²) in [6.07, 6.45) is 0.719. The number of hydrogen-bond donors (Lipinski definition) is 1. The van der Waals surface area contributed by atoms with Gasteiger partial charge in [0, 0.05) is 19.0 Å². The molecule has 1 atom stereocenters. The second-order valence-corrected chi connectivity index (χ2v) is 5.56. The van der Waals surface area contributed by atoms with E-state index in [1.54, 1.807) is 4.90 Å². The molecule has 2 aromatic carbocycles. The Labute approximate surface area is 132 Å². The molecule has 3 heteroatoms. The molecule has 0 aliphatic heterocycles. The number of carbonyl (C=O) groups excluding carboxylic acids is 1. The Kier molecular flexibility index (Phi) is 6.16. The van der Waals surface area contributed by atoms with Crippen LogP contribution in [0.1, 0.15) is 18.1 Å². The van der Waals surface area contributed by atoms with Crippen molar-refractivity contribution in [3.63, 3.8) is 0 Å². The van der Waals surface area contributed by atoms with Crippen molar-refractivity contribution in [1.29, 1.82) is 0 Å². The number of hydrogen-bond acceptors (Lipinski definition) is 2. The van der Waals surface area contributed by atoms with E-state index in [9.17, 15) is 9.90 Å². The highest BCUT2D eigenvalue weighted by Gasteiger charge is 2.20. The topological polar surface area (TPSA) is 40.5 Å². The van der Waals surface area contributed by atoms with Crippen LogP contribution in [0.15, 0.2) is 60.7 Å². The quantitative estimate of drug-likeness (QED) is 0.853. The molecule has 0 fully saturated rings. The molecule has 0 heterocycles. The van der Waals surface area contributed by atoms with Crippen LogP contribution in [0.3, 0.4) is 0 Å². The van der Waals surface area contributed by atoms with Crippen LogP contribution in [-0.4, -0.2) is 29.1 Å². The number of carbonyl (C=O) groups is 1. The zero-order valence-electron chi connectivity index (χ0n) is 13.0. The summed E-state index contributed by atoms with van der Waals surface area (Å²) in [5.74, 6) is -0.0144. The largest absolute Gasteiger partial charge is 0.395 e. The third-order valence-electron chi connectivity index (χ3n) is 3.70. The molecule has 0 radical (unpaired) electrons. The predicted molar refractivity (Wildman–Crippen MR) is 88.3 cm³/mol. The van der Waals surface area contributed by atoms with E-state index in [2.05, 4.69) is 0 Å². The van der Waals surface area contributed by atoms with Crippen LogP contribution in [0.4, 0.5) is 0 Å². The summed E-state index contributed by atoms with van der Waals surface area (Å²) in [5, 5.41) is 9.24. The molecule has 0 aliphatic rings. The molecule has 0 spiro atoms. The number of aliphatic hydroxyl groups excluding tert-OH is 1. The highest BCUT2D eigenvalue weighted by Crippen LogP contribution is 2.13. The van der Waals surface area contributed by atoms with Crippen molar-refractivity contribution in [1.82, 2.24) is 4.90 Å². The van der Waals surface area contributed by atoms with Gasteiger partial charge in [0.15, 0.2) is 0 Å². The average molecular weight is 297 g/mol. The van der Waals surface area contributed by atoms with Crippen molar-refractivity contribution >= 4 is 5.91 Å². The summed E-state index contributed by atoms with van der Waals surface area (Å²) in [7, 11) is 0. The second-order valence-electron chi connectivity index (χ2n) is 5.56. The number of rotatable bonds is 7. The van der Waals surface area contributed by atoms with Gasteiger partial charge in [-0.3, -0.25) is 4.79 Å². The Morgan fingerprint density at radius 3 is 2.09 bits per heavy atom. The summed E-state index contributed by atoms with van der Waals surface area (Å²) < 4.78 is 0. The summed E-state index contributed by atoms with van der Waals surface area (Å²) >= 11 is 0. The van der Waals surface area contributed by atoms with Crippen LogP contribution >= 0.6 is 0 Å². The summed E-state index contributed by atoms with van der Waals surface area (Å²) in [6, 6.07) is 19.9.